The number of hydrogen-bond acceptors (Lipinski definition) is 9. The lowest BCUT2D eigenvalue weighted by atomic mass is 9.86. The van der Waals surface area contributed by atoms with Crippen LogP contribution in [0.4, 0.5) is 4.39 Å². The third-order valence-corrected chi connectivity index (χ3v) is 7.90. The van der Waals surface area contributed by atoms with Crippen molar-refractivity contribution in [3.63, 3.8) is 0 Å². The number of esters is 1. The summed E-state index contributed by atoms with van der Waals surface area (Å²) in [5.74, 6) is -2.28. The molecule has 1 aromatic carbocycles. The fourth-order valence-electron chi connectivity index (χ4n) is 5.27. The first kappa shape index (κ1) is 29.6. The van der Waals surface area contributed by atoms with Crippen molar-refractivity contribution in [3.05, 3.63) is 61.6 Å². The Morgan fingerprint density at radius 1 is 1.26 bits per heavy atom. The molecule has 2 aromatic heterocycles. The molecule has 0 bridgehead atoms. The van der Waals surface area contributed by atoms with Gasteiger partial charge in [-0.15, -0.1) is 0 Å². The number of hydrogen-bond donors (Lipinski definition) is 4. The number of amides is 2. The predicted molar refractivity (Wildman–Crippen MR) is 149 cm³/mol. The number of cyclic esters (lactones) is 1. The second-order valence-corrected chi connectivity index (χ2v) is 10.6. The molecule has 4 heterocycles. The van der Waals surface area contributed by atoms with E-state index in [2.05, 4.69) is 15.6 Å². The van der Waals surface area contributed by atoms with Crippen molar-refractivity contribution in [1.82, 2.24) is 20.2 Å². The normalized spacial score (nSPS) is 17.7. The molecule has 0 radical (unpaired) electrons. The Kier molecular flexibility index (Phi) is 8.03. The minimum atomic E-state index is -2.00. The van der Waals surface area contributed by atoms with Gasteiger partial charge in [-0.3, -0.25) is 14.4 Å². The first-order valence-electron chi connectivity index (χ1n) is 13.3. The standard InChI is InChI=1S/C28H29ClFN5O7/c1-3-28(40)18-6-22-25-16(10-35(22)26(38)17(18)11-41-27(28)39)15(14-5-19(29)20(30)7-21(14)34-25)9-32-23(36)4-13(2)42-12-33-24(37)8-31/h5-7,13,40H,3-4,8-12,31H2,1-2H3,(H,32,36)(H,33,37)/t13-,28+/m1/s1. The summed E-state index contributed by atoms with van der Waals surface area (Å²) in [6.07, 6.45) is -0.555. The van der Waals surface area contributed by atoms with E-state index in [9.17, 15) is 28.7 Å². The van der Waals surface area contributed by atoms with Crippen molar-refractivity contribution in [2.75, 3.05) is 13.3 Å². The number of fused-ring (bicyclic) bond motifs is 5. The predicted octanol–water partition coefficient (Wildman–Crippen LogP) is 1.32. The van der Waals surface area contributed by atoms with Gasteiger partial charge in [0.15, 0.2) is 5.60 Å². The second kappa shape index (κ2) is 11.4. The molecule has 0 aliphatic carbocycles. The summed E-state index contributed by atoms with van der Waals surface area (Å²) in [5.41, 5.74) is 5.25. The van der Waals surface area contributed by atoms with Crippen LogP contribution >= 0.6 is 11.6 Å². The van der Waals surface area contributed by atoms with Crippen LogP contribution in [0.25, 0.3) is 22.3 Å². The first-order valence-corrected chi connectivity index (χ1v) is 13.7. The SMILES string of the molecule is CC[C@@]1(O)C(=O)OCc2c1cc1n(c2=O)Cc2c-1nc1cc(F)c(Cl)cc1c2CNC(=O)C[C@@H](C)OCNC(=O)CN. The average molecular weight is 602 g/mol. The summed E-state index contributed by atoms with van der Waals surface area (Å²) in [5, 5.41) is 16.8. The molecule has 2 amide bonds. The summed E-state index contributed by atoms with van der Waals surface area (Å²) < 4.78 is 26.5. The van der Waals surface area contributed by atoms with Crippen LogP contribution in [0.5, 0.6) is 0 Å². The van der Waals surface area contributed by atoms with Crippen LogP contribution < -0.4 is 21.9 Å². The molecule has 2 atom stereocenters. The van der Waals surface area contributed by atoms with Gasteiger partial charge in [0.05, 0.1) is 53.1 Å². The summed E-state index contributed by atoms with van der Waals surface area (Å²) in [6, 6.07) is 4.15. The zero-order valence-corrected chi connectivity index (χ0v) is 23.6. The molecular formula is C28H29ClFN5O7. The highest BCUT2D eigenvalue weighted by Crippen LogP contribution is 2.40. The number of ether oxygens (including phenoxy) is 2. The van der Waals surface area contributed by atoms with Crippen molar-refractivity contribution in [2.24, 2.45) is 5.73 Å². The van der Waals surface area contributed by atoms with Gasteiger partial charge in [0.2, 0.25) is 11.8 Å². The van der Waals surface area contributed by atoms with Gasteiger partial charge in [0.1, 0.15) is 19.2 Å². The molecule has 0 spiro atoms. The lowest BCUT2D eigenvalue weighted by Crippen LogP contribution is -2.44. The van der Waals surface area contributed by atoms with Crippen molar-refractivity contribution in [1.29, 1.82) is 0 Å². The number of aliphatic hydroxyl groups is 1. The number of pyridine rings is 2. The monoisotopic (exact) mass is 601 g/mol. The first-order chi connectivity index (χ1) is 20.0. The van der Waals surface area contributed by atoms with Gasteiger partial charge in [0.25, 0.3) is 5.56 Å². The van der Waals surface area contributed by atoms with E-state index in [4.69, 9.17) is 26.8 Å². The van der Waals surface area contributed by atoms with Crippen LogP contribution in [-0.2, 0) is 49.2 Å². The minimum Gasteiger partial charge on any atom is -0.458 e. The molecule has 0 saturated heterocycles. The number of rotatable bonds is 9. The number of halogens is 2. The Hall–Kier alpha value is -3.91. The molecule has 12 nitrogen and oxygen atoms in total. The number of nitrogens with one attached hydrogen (secondary N) is 2. The van der Waals surface area contributed by atoms with Crippen LogP contribution in [0, 0.1) is 5.82 Å². The number of nitrogens with two attached hydrogens (primary N) is 1. The molecule has 0 unspecified atom stereocenters. The van der Waals surface area contributed by atoms with Gasteiger partial charge in [0, 0.05) is 29.1 Å². The molecule has 5 N–H and O–H groups in total. The lowest BCUT2D eigenvalue weighted by Gasteiger charge is -2.31. The molecule has 0 saturated carbocycles. The maximum absolute atomic E-state index is 14.5. The summed E-state index contributed by atoms with van der Waals surface area (Å²) in [6.45, 7) is 2.81. The van der Waals surface area contributed by atoms with Gasteiger partial charge in [-0.05, 0) is 31.0 Å². The maximum atomic E-state index is 14.5. The smallest absolute Gasteiger partial charge is 0.343 e. The van der Waals surface area contributed by atoms with Crippen molar-refractivity contribution >= 4 is 40.3 Å². The Morgan fingerprint density at radius 3 is 2.74 bits per heavy atom. The van der Waals surface area contributed by atoms with Crippen LogP contribution in [0.15, 0.2) is 23.0 Å². The van der Waals surface area contributed by atoms with Crippen LogP contribution in [0.3, 0.4) is 0 Å². The zero-order chi connectivity index (χ0) is 30.3. The van der Waals surface area contributed by atoms with Crippen LogP contribution in [0.1, 0.15) is 48.9 Å². The van der Waals surface area contributed by atoms with Crippen LogP contribution in [-0.4, -0.2) is 51.8 Å². The molecule has 2 aliphatic rings. The molecule has 2 aliphatic heterocycles. The van der Waals surface area contributed by atoms with E-state index in [0.717, 1.165) is 0 Å². The number of carbonyl (C=O) groups is 3. The minimum absolute atomic E-state index is 0.00171. The van der Waals surface area contributed by atoms with Crippen molar-refractivity contribution < 1.29 is 33.4 Å². The largest absolute Gasteiger partial charge is 0.458 e. The van der Waals surface area contributed by atoms with Crippen molar-refractivity contribution in [2.45, 2.75) is 58.1 Å². The van der Waals surface area contributed by atoms with Crippen LogP contribution in [0.2, 0.25) is 5.02 Å². The summed E-state index contributed by atoms with van der Waals surface area (Å²) in [4.78, 5) is 54.7. The highest BCUT2D eigenvalue weighted by atomic mass is 35.5. The number of benzene rings is 1. The second-order valence-electron chi connectivity index (χ2n) is 10.2. The highest BCUT2D eigenvalue weighted by molar-refractivity contribution is 6.31. The fourth-order valence-corrected chi connectivity index (χ4v) is 5.44. The maximum Gasteiger partial charge on any atom is 0.343 e. The van der Waals surface area contributed by atoms with Gasteiger partial charge in [-0.25, -0.2) is 14.2 Å². The Labute approximate surface area is 243 Å². The van der Waals surface area contributed by atoms with E-state index in [1.165, 1.54) is 16.7 Å². The quantitative estimate of drug-likeness (QED) is 0.163. The van der Waals surface area contributed by atoms with E-state index in [1.54, 1.807) is 19.9 Å². The molecular weight excluding hydrogens is 573 g/mol. The molecule has 222 valence electrons. The number of carbonyl (C=O) groups excluding carboxylic acids is 3. The van der Waals surface area contributed by atoms with E-state index in [-0.39, 0.29) is 79.3 Å². The fraction of sp³-hybridized carbons (Fsp3) is 0.393. The molecule has 3 aromatic rings. The topological polar surface area (TPSA) is 175 Å². The summed E-state index contributed by atoms with van der Waals surface area (Å²) >= 11 is 6.11. The third kappa shape index (κ3) is 5.13. The Morgan fingerprint density at radius 2 is 2.02 bits per heavy atom. The number of nitrogens with zero attached hydrogens (tertiary/aromatic N) is 2. The van der Waals surface area contributed by atoms with E-state index in [1.807, 2.05) is 0 Å². The van der Waals surface area contributed by atoms with E-state index < -0.39 is 29.1 Å². The van der Waals surface area contributed by atoms with Gasteiger partial charge < -0.3 is 35.5 Å². The van der Waals surface area contributed by atoms with Gasteiger partial charge in [-0.1, -0.05) is 18.5 Å². The van der Waals surface area contributed by atoms with Gasteiger partial charge in [-0.2, -0.15) is 0 Å². The molecule has 0 fully saturated rings. The van der Waals surface area contributed by atoms with Gasteiger partial charge >= 0.3 is 5.97 Å². The lowest BCUT2D eigenvalue weighted by molar-refractivity contribution is -0.172. The highest BCUT2D eigenvalue weighted by Gasteiger charge is 2.45. The Bertz CT molecular complexity index is 1690. The molecule has 5 rings (SSSR count). The van der Waals surface area contributed by atoms with Crippen molar-refractivity contribution in [3.8, 4) is 11.4 Å². The Balaban J connectivity index is 1.50. The zero-order valence-electron chi connectivity index (χ0n) is 22.9. The van der Waals surface area contributed by atoms with E-state index >= 15 is 0 Å². The number of aromatic nitrogens is 2. The van der Waals surface area contributed by atoms with E-state index in [0.29, 0.717) is 27.9 Å². The molecule has 14 heteroatoms. The molecule has 42 heavy (non-hydrogen) atoms. The summed E-state index contributed by atoms with van der Waals surface area (Å²) in [7, 11) is 0. The average Bonchev–Trinajstić information content (AvgIpc) is 3.32. The third-order valence-electron chi connectivity index (χ3n) is 7.61.